The van der Waals surface area contributed by atoms with Crippen LogP contribution < -0.4 is 10.1 Å². The van der Waals surface area contributed by atoms with Crippen molar-refractivity contribution in [2.24, 2.45) is 0 Å². The number of carbonyl (C=O) groups is 1. The molecule has 1 N–H and O–H groups in total. The number of sulfonamides is 1. The number of rotatable bonds is 5. The van der Waals surface area contributed by atoms with Crippen LogP contribution in [-0.2, 0) is 10.0 Å². The molecule has 0 aliphatic carbocycles. The molecule has 0 spiro atoms. The van der Waals surface area contributed by atoms with Gasteiger partial charge in [-0.3, -0.25) is 4.79 Å². The van der Waals surface area contributed by atoms with Gasteiger partial charge in [0, 0.05) is 29.7 Å². The molecule has 1 aromatic heterocycles. The molecule has 0 atom stereocenters. The quantitative estimate of drug-likeness (QED) is 0.659. The predicted octanol–water partition coefficient (Wildman–Crippen LogP) is 4.18. The molecule has 1 fully saturated rings. The molecule has 30 heavy (non-hydrogen) atoms. The summed E-state index contributed by atoms with van der Waals surface area (Å²) in [7, 11) is -2.00. The summed E-state index contributed by atoms with van der Waals surface area (Å²) >= 11 is 0. The topological polar surface area (TPSA) is 88.8 Å². The third-order valence-corrected chi connectivity index (χ3v) is 7.29. The molecule has 2 heterocycles. The number of anilines is 1. The average Bonchev–Trinajstić information content (AvgIpc) is 3.10. The van der Waals surface area contributed by atoms with E-state index >= 15 is 0 Å². The molecule has 0 unspecified atom stereocenters. The van der Waals surface area contributed by atoms with E-state index in [0.29, 0.717) is 35.7 Å². The van der Waals surface area contributed by atoms with Gasteiger partial charge in [-0.1, -0.05) is 12.5 Å². The molecule has 0 radical (unpaired) electrons. The first kappa shape index (κ1) is 20.4. The van der Waals surface area contributed by atoms with Crippen molar-refractivity contribution in [1.82, 2.24) is 4.31 Å². The number of hydrogen-bond donors (Lipinski definition) is 1. The maximum absolute atomic E-state index is 12.9. The van der Waals surface area contributed by atoms with Crippen molar-refractivity contribution >= 4 is 32.6 Å². The van der Waals surface area contributed by atoms with E-state index in [1.54, 1.807) is 44.4 Å². The summed E-state index contributed by atoms with van der Waals surface area (Å²) in [6, 6.07) is 11.7. The summed E-state index contributed by atoms with van der Waals surface area (Å²) in [5, 5.41) is 3.55. The Morgan fingerprint density at radius 1 is 1.10 bits per heavy atom. The van der Waals surface area contributed by atoms with E-state index < -0.39 is 15.9 Å². The van der Waals surface area contributed by atoms with Crippen molar-refractivity contribution in [3.8, 4) is 5.75 Å². The fourth-order valence-corrected chi connectivity index (χ4v) is 5.28. The van der Waals surface area contributed by atoms with E-state index in [4.69, 9.17) is 9.15 Å². The second-order valence-electron chi connectivity index (χ2n) is 7.36. The van der Waals surface area contributed by atoms with Crippen LogP contribution in [0.4, 0.5) is 5.69 Å². The van der Waals surface area contributed by atoms with Gasteiger partial charge in [0.05, 0.1) is 12.0 Å². The smallest absolute Gasteiger partial charge is 0.291 e. The Kier molecular flexibility index (Phi) is 5.53. The lowest BCUT2D eigenvalue weighted by molar-refractivity contribution is 0.0998. The molecule has 0 bridgehead atoms. The molecule has 7 nitrogen and oxygen atoms in total. The molecule has 158 valence electrons. The van der Waals surface area contributed by atoms with Crippen LogP contribution in [0.25, 0.3) is 11.0 Å². The molecule has 8 heteroatoms. The van der Waals surface area contributed by atoms with Crippen LogP contribution in [0.1, 0.15) is 35.4 Å². The largest absolute Gasteiger partial charge is 0.497 e. The lowest BCUT2D eigenvalue weighted by Gasteiger charge is -2.26. The Hall–Kier alpha value is -2.84. The normalized spacial score (nSPS) is 15.3. The summed E-state index contributed by atoms with van der Waals surface area (Å²) in [5.74, 6) is 0.423. The van der Waals surface area contributed by atoms with Crippen molar-refractivity contribution in [2.45, 2.75) is 31.1 Å². The fraction of sp³-hybridized carbons (Fsp3) is 0.318. The highest BCUT2D eigenvalue weighted by atomic mass is 32.2. The van der Waals surface area contributed by atoms with Gasteiger partial charge in [0.25, 0.3) is 5.91 Å². The van der Waals surface area contributed by atoms with Gasteiger partial charge in [0.2, 0.25) is 10.0 Å². The Morgan fingerprint density at radius 2 is 1.87 bits per heavy atom. The van der Waals surface area contributed by atoms with E-state index in [0.717, 1.165) is 24.6 Å². The zero-order valence-electron chi connectivity index (χ0n) is 17.0. The van der Waals surface area contributed by atoms with Crippen molar-refractivity contribution in [2.75, 3.05) is 25.5 Å². The average molecular weight is 429 g/mol. The van der Waals surface area contributed by atoms with Gasteiger partial charge in [-0.2, -0.15) is 4.31 Å². The number of carbonyl (C=O) groups excluding carboxylic acids is 1. The van der Waals surface area contributed by atoms with E-state index in [1.807, 2.05) is 6.07 Å². The Bertz CT molecular complexity index is 1190. The first-order valence-corrected chi connectivity index (χ1v) is 11.3. The minimum atomic E-state index is -3.58. The van der Waals surface area contributed by atoms with Crippen LogP contribution in [0.5, 0.6) is 5.75 Å². The van der Waals surface area contributed by atoms with E-state index in [1.165, 1.54) is 10.4 Å². The summed E-state index contributed by atoms with van der Waals surface area (Å²) < 4.78 is 38.3. The highest BCUT2D eigenvalue weighted by molar-refractivity contribution is 7.89. The Labute approximate surface area is 175 Å². The van der Waals surface area contributed by atoms with Gasteiger partial charge < -0.3 is 14.5 Å². The van der Waals surface area contributed by atoms with Gasteiger partial charge in [0.15, 0.2) is 5.76 Å². The molecule has 1 amide bonds. The van der Waals surface area contributed by atoms with Crippen LogP contribution in [0.3, 0.4) is 0 Å². The highest BCUT2D eigenvalue weighted by Gasteiger charge is 2.26. The number of nitrogens with zero attached hydrogens (tertiary/aromatic N) is 1. The van der Waals surface area contributed by atoms with Crippen LogP contribution in [0.15, 0.2) is 51.8 Å². The lowest BCUT2D eigenvalue weighted by atomic mass is 10.1. The molecule has 1 aliphatic rings. The number of hydrogen-bond acceptors (Lipinski definition) is 5. The number of furan rings is 1. The maximum atomic E-state index is 12.9. The standard InChI is InChI=1S/C22H24N2O5S/c1-15-19-14-17(28-2)9-10-20(19)29-21(15)22(25)23-16-7-6-8-18(13-16)30(26,27)24-11-4-3-5-12-24/h6-10,13-14H,3-5,11-12H2,1-2H3,(H,23,25). The first-order chi connectivity index (χ1) is 14.4. The number of ether oxygens (including phenoxy) is 1. The van der Waals surface area contributed by atoms with Gasteiger partial charge in [-0.25, -0.2) is 8.42 Å². The SMILES string of the molecule is COc1ccc2oc(C(=O)Nc3cccc(S(=O)(=O)N4CCCCC4)c3)c(C)c2c1. The first-order valence-electron chi connectivity index (χ1n) is 9.89. The van der Waals surface area contributed by atoms with Gasteiger partial charge in [-0.05, 0) is 56.2 Å². The molecule has 2 aromatic carbocycles. The zero-order chi connectivity index (χ0) is 21.3. The fourth-order valence-electron chi connectivity index (χ4n) is 3.72. The summed E-state index contributed by atoms with van der Waals surface area (Å²) in [5.41, 5.74) is 1.67. The minimum absolute atomic E-state index is 0.174. The van der Waals surface area contributed by atoms with Gasteiger partial charge in [0.1, 0.15) is 11.3 Å². The molecular formula is C22H24N2O5S. The number of nitrogens with one attached hydrogen (secondary N) is 1. The number of amides is 1. The van der Waals surface area contributed by atoms with Crippen LogP contribution >= 0.6 is 0 Å². The zero-order valence-corrected chi connectivity index (χ0v) is 17.8. The van der Waals surface area contributed by atoms with Crippen molar-refractivity contribution in [3.63, 3.8) is 0 Å². The second-order valence-corrected chi connectivity index (χ2v) is 9.30. The van der Waals surface area contributed by atoms with Crippen LogP contribution in [0, 0.1) is 6.92 Å². The number of aryl methyl sites for hydroxylation is 1. The van der Waals surface area contributed by atoms with Crippen molar-refractivity contribution in [3.05, 3.63) is 53.8 Å². The Morgan fingerprint density at radius 3 is 2.60 bits per heavy atom. The summed E-state index contributed by atoms with van der Waals surface area (Å²) in [6.45, 7) is 2.86. The van der Waals surface area contributed by atoms with Crippen LogP contribution in [0.2, 0.25) is 0 Å². The van der Waals surface area contributed by atoms with Crippen molar-refractivity contribution < 1.29 is 22.4 Å². The molecule has 1 saturated heterocycles. The number of piperidine rings is 1. The number of benzene rings is 2. The number of fused-ring (bicyclic) bond motifs is 1. The Balaban J connectivity index is 1.59. The van der Waals surface area contributed by atoms with E-state index in [-0.39, 0.29) is 10.7 Å². The van der Waals surface area contributed by atoms with Crippen molar-refractivity contribution in [1.29, 1.82) is 0 Å². The third-order valence-electron chi connectivity index (χ3n) is 5.39. The van der Waals surface area contributed by atoms with E-state index in [9.17, 15) is 13.2 Å². The second kappa shape index (κ2) is 8.12. The summed E-state index contributed by atoms with van der Waals surface area (Å²) in [6.07, 6.45) is 2.78. The molecule has 3 aromatic rings. The van der Waals surface area contributed by atoms with Crippen LogP contribution in [-0.4, -0.2) is 38.8 Å². The van der Waals surface area contributed by atoms with Gasteiger partial charge in [-0.15, -0.1) is 0 Å². The summed E-state index contributed by atoms with van der Waals surface area (Å²) in [4.78, 5) is 13.0. The van der Waals surface area contributed by atoms with E-state index in [2.05, 4.69) is 5.32 Å². The highest BCUT2D eigenvalue weighted by Crippen LogP contribution is 2.30. The minimum Gasteiger partial charge on any atom is -0.497 e. The molecule has 4 rings (SSSR count). The predicted molar refractivity (Wildman–Crippen MR) is 115 cm³/mol. The molecular weight excluding hydrogens is 404 g/mol. The third kappa shape index (κ3) is 3.80. The molecule has 1 aliphatic heterocycles. The maximum Gasteiger partial charge on any atom is 0.291 e. The monoisotopic (exact) mass is 428 g/mol. The number of methoxy groups -OCH3 is 1. The molecule has 0 saturated carbocycles. The van der Waals surface area contributed by atoms with Gasteiger partial charge >= 0.3 is 0 Å². The lowest BCUT2D eigenvalue weighted by Crippen LogP contribution is -2.35.